The van der Waals surface area contributed by atoms with E-state index in [-0.39, 0.29) is 28.6 Å². The Morgan fingerprint density at radius 2 is 1.96 bits per heavy atom. The van der Waals surface area contributed by atoms with Crippen LogP contribution in [0.5, 0.6) is 5.75 Å². The molecule has 0 unspecified atom stereocenters. The van der Waals surface area contributed by atoms with Crippen LogP contribution in [0.1, 0.15) is 34.7 Å². The first-order valence-corrected chi connectivity index (χ1v) is 7.76. The van der Waals surface area contributed by atoms with Crippen molar-refractivity contribution < 1.29 is 28.8 Å². The summed E-state index contributed by atoms with van der Waals surface area (Å²) in [5.74, 6) is -1.55. The minimum atomic E-state index is -1.20. The molecule has 0 spiro atoms. The number of carbonyl (C=O) groups excluding carboxylic acids is 3. The van der Waals surface area contributed by atoms with E-state index in [2.05, 4.69) is 10.3 Å². The maximum atomic E-state index is 12.3. The molecule has 0 aliphatic carbocycles. The first kappa shape index (κ1) is 19.6. The quantitative estimate of drug-likeness (QED) is 0.327. The fourth-order valence-electron chi connectivity index (χ4n) is 2.13. The molecule has 1 heterocycles. The van der Waals surface area contributed by atoms with Gasteiger partial charge in [0.1, 0.15) is 11.4 Å². The molecule has 1 aromatic carbocycles. The highest BCUT2D eigenvalue weighted by atomic mass is 16.6. The number of aromatic amines is 1. The van der Waals surface area contributed by atoms with Gasteiger partial charge in [-0.1, -0.05) is 0 Å². The molecule has 2 aromatic rings. The lowest BCUT2D eigenvalue weighted by atomic mass is 10.2. The Labute approximate surface area is 153 Å². The van der Waals surface area contributed by atoms with Crippen LogP contribution in [0.3, 0.4) is 0 Å². The number of rotatable bonds is 7. The summed E-state index contributed by atoms with van der Waals surface area (Å²) >= 11 is 0. The van der Waals surface area contributed by atoms with Crippen molar-refractivity contribution >= 4 is 29.0 Å². The van der Waals surface area contributed by atoms with Crippen molar-refractivity contribution in [3.8, 4) is 5.75 Å². The highest BCUT2D eigenvalue weighted by Gasteiger charge is 2.22. The van der Waals surface area contributed by atoms with Gasteiger partial charge in [-0.15, -0.1) is 0 Å². The van der Waals surface area contributed by atoms with E-state index in [1.54, 1.807) is 0 Å². The summed E-state index contributed by atoms with van der Waals surface area (Å²) in [6.45, 7) is 2.69. The smallest absolute Gasteiger partial charge is 0.355 e. The Bertz CT molecular complexity index is 904. The van der Waals surface area contributed by atoms with Crippen molar-refractivity contribution in [1.29, 1.82) is 0 Å². The number of ketones is 1. The molecular weight excluding hydrogens is 358 g/mol. The Morgan fingerprint density at radius 1 is 1.26 bits per heavy atom. The third kappa shape index (κ3) is 4.69. The van der Waals surface area contributed by atoms with Gasteiger partial charge in [-0.3, -0.25) is 19.7 Å². The average molecular weight is 375 g/mol. The second kappa shape index (κ2) is 8.13. The molecule has 0 radical (unpaired) electrons. The summed E-state index contributed by atoms with van der Waals surface area (Å²) in [7, 11) is 1.35. The van der Waals surface area contributed by atoms with E-state index in [1.165, 1.54) is 45.4 Å². The highest BCUT2D eigenvalue weighted by Crippen LogP contribution is 2.29. The predicted molar refractivity (Wildman–Crippen MR) is 94.0 cm³/mol. The Balaban J connectivity index is 2.08. The average Bonchev–Trinajstić information content (AvgIpc) is 3.12. The lowest BCUT2D eigenvalue weighted by Crippen LogP contribution is -2.30. The number of esters is 1. The molecular formula is C17H17N3O7. The molecule has 1 atom stereocenters. The number of hydrogen-bond acceptors (Lipinski definition) is 7. The third-order valence-corrected chi connectivity index (χ3v) is 3.61. The maximum absolute atomic E-state index is 12.3. The second-order valence-corrected chi connectivity index (χ2v) is 5.54. The highest BCUT2D eigenvalue weighted by molar-refractivity contribution is 6.00. The SMILES string of the molecule is COc1ccc([N+](=O)[O-])cc1NC(=O)[C@@H](C)OC(=O)c1cc(C(C)=O)c[nH]1. The van der Waals surface area contributed by atoms with Crippen molar-refractivity contribution in [3.05, 3.63) is 51.8 Å². The fourth-order valence-corrected chi connectivity index (χ4v) is 2.13. The first-order chi connectivity index (χ1) is 12.7. The molecule has 10 nitrogen and oxygen atoms in total. The van der Waals surface area contributed by atoms with E-state index in [9.17, 15) is 24.5 Å². The van der Waals surface area contributed by atoms with Crippen LogP contribution in [0.4, 0.5) is 11.4 Å². The Morgan fingerprint density at radius 3 is 2.52 bits per heavy atom. The number of Topliss-reactive ketones (excluding diaryl/α,β-unsaturated/α-hetero) is 1. The monoisotopic (exact) mass is 375 g/mol. The van der Waals surface area contributed by atoms with Gasteiger partial charge in [-0.05, 0) is 26.0 Å². The van der Waals surface area contributed by atoms with E-state index in [0.29, 0.717) is 5.56 Å². The fraction of sp³-hybridized carbons (Fsp3) is 0.235. The van der Waals surface area contributed by atoms with Gasteiger partial charge < -0.3 is 19.8 Å². The number of nitro benzene ring substituents is 1. The number of H-pyrrole nitrogens is 1. The van der Waals surface area contributed by atoms with E-state index in [4.69, 9.17) is 9.47 Å². The predicted octanol–water partition coefficient (Wildman–Crippen LogP) is 2.32. The number of anilines is 1. The van der Waals surface area contributed by atoms with Crippen LogP contribution in [-0.2, 0) is 9.53 Å². The van der Waals surface area contributed by atoms with Crippen LogP contribution in [0, 0.1) is 10.1 Å². The summed E-state index contributed by atoms with van der Waals surface area (Å²) < 4.78 is 10.1. The zero-order chi connectivity index (χ0) is 20.1. The number of benzene rings is 1. The van der Waals surface area contributed by atoms with Crippen LogP contribution in [0.15, 0.2) is 30.5 Å². The van der Waals surface area contributed by atoms with Crippen LogP contribution < -0.4 is 10.1 Å². The molecule has 0 aliphatic rings. The van der Waals surface area contributed by atoms with E-state index < -0.39 is 22.9 Å². The number of ether oxygens (including phenoxy) is 2. The van der Waals surface area contributed by atoms with Crippen molar-refractivity contribution in [2.75, 3.05) is 12.4 Å². The lowest BCUT2D eigenvalue weighted by Gasteiger charge is -2.14. The van der Waals surface area contributed by atoms with Gasteiger partial charge >= 0.3 is 5.97 Å². The number of hydrogen-bond donors (Lipinski definition) is 2. The van der Waals surface area contributed by atoms with Gasteiger partial charge in [0.25, 0.3) is 11.6 Å². The number of aromatic nitrogens is 1. The summed E-state index contributed by atoms with van der Waals surface area (Å²) in [5.41, 5.74) is 0.158. The van der Waals surface area contributed by atoms with Gasteiger partial charge in [0, 0.05) is 23.9 Å². The van der Waals surface area contributed by atoms with Gasteiger partial charge in [-0.25, -0.2) is 4.79 Å². The number of nitrogens with one attached hydrogen (secondary N) is 2. The zero-order valence-electron chi connectivity index (χ0n) is 14.8. The third-order valence-electron chi connectivity index (χ3n) is 3.61. The van der Waals surface area contributed by atoms with Crippen molar-refractivity contribution in [1.82, 2.24) is 4.98 Å². The van der Waals surface area contributed by atoms with E-state index in [0.717, 1.165) is 6.07 Å². The van der Waals surface area contributed by atoms with Crippen molar-refractivity contribution in [2.24, 2.45) is 0 Å². The van der Waals surface area contributed by atoms with Gasteiger partial charge in [-0.2, -0.15) is 0 Å². The summed E-state index contributed by atoms with van der Waals surface area (Å²) in [5, 5.41) is 13.3. The number of amides is 1. The number of non-ortho nitro benzene ring substituents is 1. The molecule has 10 heteroatoms. The van der Waals surface area contributed by atoms with E-state index >= 15 is 0 Å². The van der Waals surface area contributed by atoms with Crippen LogP contribution in [0.2, 0.25) is 0 Å². The van der Waals surface area contributed by atoms with Crippen molar-refractivity contribution in [2.45, 2.75) is 20.0 Å². The molecule has 142 valence electrons. The molecule has 0 saturated carbocycles. The zero-order valence-corrected chi connectivity index (χ0v) is 14.8. The largest absolute Gasteiger partial charge is 0.495 e. The molecule has 0 bridgehead atoms. The standard InChI is InChI=1S/C17H17N3O7/c1-9(21)11-6-14(18-8-11)17(23)27-10(2)16(22)19-13-7-12(20(24)25)4-5-15(13)26-3/h4-8,10,18H,1-3H3,(H,19,22)/t10-/m1/s1. The second-order valence-electron chi connectivity index (χ2n) is 5.54. The maximum Gasteiger partial charge on any atom is 0.355 e. The number of methoxy groups -OCH3 is 1. The Kier molecular flexibility index (Phi) is 5.91. The van der Waals surface area contributed by atoms with Crippen LogP contribution >= 0.6 is 0 Å². The summed E-state index contributed by atoms with van der Waals surface area (Å²) in [4.78, 5) is 48.4. The van der Waals surface area contributed by atoms with Gasteiger partial charge in [0.15, 0.2) is 11.9 Å². The lowest BCUT2D eigenvalue weighted by molar-refractivity contribution is -0.384. The molecule has 2 N–H and O–H groups in total. The molecule has 1 amide bonds. The summed E-state index contributed by atoms with van der Waals surface area (Å²) in [6, 6.07) is 5.02. The molecule has 0 aliphatic heterocycles. The van der Waals surface area contributed by atoms with Gasteiger partial charge in [0.2, 0.25) is 0 Å². The molecule has 27 heavy (non-hydrogen) atoms. The van der Waals surface area contributed by atoms with Crippen molar-refractivity contribution in [3.63, 3.8) is 0 Å². The normalized spacial score (nSPS) is 11.4. The molecule has 1 aromatic heterocycles. The minimum absolute atomic E-state index is 0.0211. The molecule has 0 saturated heterocycles. The first-order valence-electron chi connectivity index (χ1n) is 7.76. The Hall–Kier alpha value is -3.69. The van der Waals surface area contributed by atoms with E-state index in [1.807, 2.05) is 0 Å². The molecule has 0 fully saturated rings. The topological polar surface area (TPSA) is 141 Å². The number of nitrogens with zero attached hydrogens (tertiary/aromatic N) is 1. The van der Waals surface area contributed by atoms with Crippen LogP contribution in [-0.4, -0.2) is 40.8 Å². The van der Waals surface area contributed by atoms with Crippen LogP contribution in [0.25, 0.3) is 0 Å². The minimum Gasteiger partial charge on any atom is -0.495 e. The van der Waals surface area contributed by atoms with Gasteiger partial charge in [0.05, 0.1) is 17.7 Å². The number of carbonyl (C=O) groups is 3. The molecule has 2 rings (SSSR count). The number of nitro groups is 1. The summed E-state index contributed by atoms with van der Waals surface area (Å²) in [6.07, 6.45) is 0.156.